The Bertz CT molecular complexity index is 432. The molecule has 0 aromatic heterocycles. The zero-order valence-corrected chi connectivity index (χ0v) is 11.3. The molecule has 2 rings (SSSR count). The first-order valence-electron chi connectivity index (χ1n) is 5.68. The van der Waals surface area contributed by atoms with Crippen molar-refractivity contribution in [3.63, 3.8) is 0 Å². The van der Waals surface area contributed by atoms with E-state index in [1.54, 1.807) is 6.07 Å². The van der Waals surface area contributed by atoms with E-state index in [2.05, 4.69) is 26.6 Å². The maximum atomic E-state index is 11.8. The van der Waals surface area contributed by atoms with Crippen LogP contribution in [0.15, 0.2) is 22.7 Å². The number of hydrogen-bond acceptors (Lipinski definition) is 3. The second kappa shape index (κ2) is 4.96. The summed E-state index contributed by atoms with van der Waals surface area (Å²) in [4.78, 5) is 11.8. The van der Waals surface area contributed by atoms with Crippen LogP contribution < -0.4 is 16.4 Å². The third-order valence-electron chi connectivity index (χ3n) is 2.70. The van der Waals surface area contributed by atoms with E-state index < -0.39 is 0 Å². The van der Waals surface area contributed by atoms with Crippen molar-refractivity contribution in [1.82, 2.24) is 5.32 Å². The molecule has 1 aliphatic carbocycles. The molecule has 1 aliphatic rings. The molecule has 0 radical (unpaired) electrons. The molecule has 4 N–H and O–H groups in total. The number of anilines is 2. The predicted molar refractivity (Wildman–Crippen MR) is 72.8 cm³/mol. The lowest BCUT2D eigenvalue weighted by atomic mass is 10.2. The van der Waals surface area contributed by atoms with Crippen LogP contribution in [0.1, 0.15) is 19.8 Å². The largest absolute Gasteiger partial charge is 0.397 e. The Hall–Kier alpha value is -1.23. The Morgan fingerprint density at radius 1 is 1.53 bits per heavy atom. The van der Waals surface area contributed by atoms with E-state index >= 15 is 0 Å². The monoisotopic (exact) mass is 297 g/mol. The Balaban J connectivity index is 1.98. The van der Waals surface area contributed by atoms with Gasteiger partial charge in [-0.2, -0.15) is 0 Å². The second-order valence-electron chi connectivity index (χ2n) is 4.38. The minimum absolute atomic E-state index is 0.0203. The highest BCUT2D eigenvalue weighted by atomic mass is 79.9. The Labute approximate surface area is 109 Å². The molecule has 17 heavy (non-hydrogen) atoms. The van der Waals surface area contributed by atoms with Gasteiger partial charge < -0.3 is 16.4 Å². The van der Waals surface area contributed by atoms with Crippen molar-refractivity contribution >= 4 is 33.2 Å². The number of hydrogen-bond donors (Lipinski definition) is 3. The summed E-state index contributed by atoms with van der Waals surface area (Å²) in [5.74, 6) is 0.0203. The van der Waals surface area contributed by atoms with Crippen molar-refractivity contribution in [3.05, 3.63) is 22.7 Å². The minimum atomic E-state index is -0.285. The molecule has 1 aromatic carbocycles. The predicted octanol–water partition coefficient (Wildman–Crippen LogP) is 2.11. The summed E-state index contributed by atoms with van der Waals surface area (Å²) in [6, 6.07) is 5.64. The van der Waals surface area contributed by atoms with E-state index in [0.29, 0.717) is 11.7 Å². The van der Waals surface area contributed by atoms with Crippen molar-refractivity contribution < 1.29 is 4.79 Å². The smallest absolute Gasteiger partial charge is 0.242 e. The molecule has 1 atom stereocenters. The van der Waals surface area contributed by atoms with Crippen LogP contribution in [0, 0.1) is 0 Å². The number of nitrogen functional groups attached to an aromatic ring is 1. The fourth-order valence-electron chi connectivity index (χ4n) is 1.51. The molecular weight excluding hydrogens is 282 g/mol. The average molecular weight is 298 g/mol. The molecule has 0 saturated heterocycles. The fourth-order valence-corrected chi connectivity index (χ4v) is 1.87. The summed E-state index contributed by atoms with van der Waals surface area (Å²) >= 11 is 3.38. The Morgan fingerprint density at radius 2 is 2.24 bits per heavy atom. The van der Waals surface area contributed by atoms with Gasteiger partial charge in [-0.05, 0) is 38.0 Å². The van der Waals surface area contributed by atoms with Crippen LogP contribution in [-0.4, -0.2) is 18.0 Å². The molecule has 1 saturated carbocycles. The van der Waals surface area contributed by atoms with Gasteiger partial charge in [-0.1, -0.05) is 15.9 Å². The molecule has 4 nitrogen and oxygen atoms in total. The molecular formula is C12H16BrN3O. The number of carbonyl (C=O) groups excluding carboxylic acids is 1. The van der Waals surface area contributed by atoms with Crippen LogP contribution in [0.2, 0.25) is 0 Å². The number of nitrogens with two attached hydrogens (primary N) is 1. The first-order valence-corrected chi connectivity index (χ1v) is 6.47. The highest BCUT2D eigenvalue weighted by Gasteiger charge is 2.25. The lowest BCUT2D eigenvalue weighted by molar-refractivity contribution is -0.121. The highest BCUT2D eigenvalue weighted by molar-refractivity contribution is 9.10. The van der Waals surface area contributed by atoms with Gasteiger partial charge in [0, 0.05) is 10.5 Å². The van der Waals surface area contributed by atoms with Crippen LogP contribution in [0.3, 0.4) is 0 Å². The number of halogens is 1. The maximum Gasteiger partial charge on any atom is 0.242 e. The SMILES string of the molecule is CC(Nc1cc(Br)ccc1N)C(=O)NC1CC1. The van der Waals surface area contributed by atoms with E-state index in [4.69, 9.17) is 5.73 Å². The van der Waals surface area contributed by atoms with Crippen molar-refractivity contribution in [2.75, 3.05) is 11.1 Å². The number of amides is 1. The quantitative estimate of drug-likeness (QED) is 0.746. The average Bonchev–Trinajstić information content (AvgIpc) is 3.07. The molecule has 0 bridgehead atoms. The Morgan fingerprint density at radius 3 is 2.88 bits per heavy atom. The van der Waals surface area contributed by atoms with E-state index in [1.807, 2.05) is 19.1 Å². The molecule has 0 aliphatic heterocycles. The minimum Gasteiger partial charge on any atom is -0.397 e. The topological polar surface area (TPSA) is 67.1 Å². The van der Waals surface area contributed by atoms with Gasteiger partial charge in [-0.15, -0.1) is 0 Å². The van der Waals surface area contributed by atoms with Crippen LogP contribution in [0.4, 0.5) is 11.4 Å². The van der Waals surface area contributed by atoms with Crippen LogP contribution in [0.25, 0.3) is 0 Å². The van der Waals surface area contributed by atoms with Crippen LogP contribution >= 0.6 is 15.9 Å². The summed E-state index contributed by atoms with van der Waals surface area (Å²) in [5, 5.41) is 6.07. The molecule has 1 fully saturated rings. The maximum absolute atomic E-state index is 11.8. The normalized spacial score (nSPS) is 16.4. The zero-order chi connectivity index (χ0) is 12.4. The number of rotatable bonds is 4. The van der Waals surface area contributed by atoms with Crippen molar-refractivity contribution in [2.24, 2.45) is 0 Å². The van der Waals surface area contributed by atoms with Gasteiger partial charge >= 0.3 is 0 Å². The van der Waals surface area contributed by atoms with Gasteiger partial charge in [0.2, 0.25) is 5.91 Å². The number of carbonyl (C=O) groups is 1. The van der Waals surface area contributed by atoms with E-state index in [-0.39, 0.29) is 11.9 Å². The lowest BCUT2D eigenvalue weighted by Crippen LogP contribution is -2.38. The summed E-state index contributed by atoms with van der Waals surface area (Å²) in [7, 11) is 0. The van der Waals surface area contributed by atoms with Crippen LogP contribution in [-0.2, 0) is 4.79 Å². The van der Waals surface area contributed by atoms with Crippen molar-refractivity contribution in [1.29, 1.82) is 0 Å². The van der Waals surface area contributed by atoms with Gasteiger partial charge in [-0.25, -0.2) is 0 Å². The third kappa shape index (κ3) is 3.36. The summed E-state index contributed by atoms with van der Waals surface area (Å²) < 4.78 is 0.934. The molecule has 5 heteroatoms. The van der Waals surface area contributed by atoms with E-state index in [9.17, 15) is 4.79 Å². The molecule has 1 amide bonds. The second-order valence-corrected chi connectivity index (χ2v) is 5.30. The summed E-state index contributed by atoms with van der Waals surface area (Å²) in [6.07, 6.45) is 2.19. The lowest BCUT2D eigenvalue weighted by Gasteiger charge is -2.16. The molecule has 1 aromatic rings. The first-order chi connectivity index (χ1) is 8.06. The van der Waals surface area contributed by atoms with Crippen LogP contribution in [0.5, 0.6) is 0 Å². The third-order valence-corrected chi connectivity index (χ3v) is 3.20. The molecule has 92 valence electrons. The fraction of sp³-hybridized carbons (Fsp3) is 0.417. The first kappa shape index (κ1) is 12.2. The molecule has 1 unspecified atom stereocenters. The van der Waals surface area contributed by atoms with Gasteiger partial charge in [-0.3, -0.25) is 4.79 Å². The summed E-state index contributed by atoms with van der Waals surface area (Å²) in [6.45, 7) is 1.83. The van der Waals surface area contributed by atoms with Crippen molar-refractivity contribution in [3.8, 4) is 0 Å². The highest BCUT2D eigenvalue weighted by Crippen LogP contribution is 2.24. The summed E-state index contributed by atoms with van der Waals surface area (Å²) in [5.41, 5.74) is 7.25. The van der Waals surface area contributed by atoms with Gasteiger partial charge in [0.25, 0.3) is 0 Å². The molecule has 0 spiro atoms. The number of nitrogens with one attached hydrogen (secondary N) is 2. The van der Waals surface area contributed by atoms with E-state index in [0.717, 1.165) is 23.0 Å². The van der Waals surface area contributed by atoms with Crippen molar-refractivity contribution in [2.45, 2.75) is 31.8 Å². The standard InChI is InChI=1S/C12H16BrN3O/c1-7(12(17)16-9-3-4-9)15-11-6-8(13)2-5-10(11)14/h2,5-7,9,15H,3-4,14H2,1H3,(H,16,17). The van der Waals surface area contributed by atoms with Gasteiger partial charge in [0.1, 0.15) is 6.04 Å². The molecule has 0 heterocycles. The number of benzene rings is 1. The van der Waals surface area contributed by atoms with Gasteiger partial charge in [0.15, 0.2) is 0 Å². The zero-order valence-electron chi connectivity index (χ0n) is 9.66. The van der Waals surface area contributed by atoms with E-state index in [1.165, 1.54) is 0 Å². The van der Waals surface area contributed by atoms with Gasteiger partial charge in [0.05, 0.1) is 11.4 Å². The Kier molecular flexibility index (Phi) is 3.57.